The van der Waals surface area contributed by atoms with Crippen LogP contribution in [0.4, 0.5) is 0 Å². The van der Waals surface area contributed by atoms with E-state index in [4.69, 9.17) is 5.14 Å². The molecule has 0 aromatic rings. The van der Waals surface area contributed by atoms with Gasteiger partial charge in [0.25, 0.3) is 0 Å². The van der Waals surface area contributed by atoms with Gasteiger partial charge in [0, 0.05) is 0 Å². The molecule has 0 atom stereocenters. The topological polar surface area (TPSA) is 26.0 Å². The Hall–Kier alpha value is 1.04. The summed E-state index contributed by atoms with van der Waals surface area (Å²) in [5.41, 5.74) is 0. The molecule has 0 radical (unpaired) electrons. The molecular formula is C5H13INS-. The minimum atomic E-state index is 0.518. The maximum absolute atomic E-state index is 5.25. The number of hydrogen-bond acceptors (Lipinski definition) is 2. The van der Waals surface area contributed by atoms with Crippen LogP contribution in [0.1, 0.15) is 13.3 Å². The molecule has 1 nitrogen and oxygen atoms in total. The fraction of sp³-hybridized carbons (Fsp3) is 1.00. The molecule has 0 aliphatic rings. The molecule has 0 aromatic heterocycles. The van der Waals surface area contributed by atoms with Gasteiger partial charge in [-0.15, -0.1) is 0 Å². The van der Waals surface area contributed by atoms with Crippen molar-refractivity contribution in [1.82, 2.24) is 0 Å². The van der Waals surface area contributed by atoms with Gasteiger partial charge in [-0.05, 0) is 0 Å². The number of nitrogens with two attached hydrogens (primary N) is 1. The normalized spacial score (nSPS) is 10.2. The molecule has 0 aliphatic carbocycles. The standard InChI is InChI=1S/C5H13INS/c1-2-3-6-4-5-8-7/h2-5,7H2,1H3/q-1. The van der Waals surface area contributed by atoms with Gasteiger partial charge >= 0.3 is 66.2 Å². The fourth-order valence-electron chi connectivity index (χ4n) is 0.327. The average molecular weight is 246 g/mol. The third kappa shape index (κ3) is 7.04. The number of halogens is 1. The minimum absolute atomic E-state index is 0.518. The fourth-order valence-corrected chi connectivity index (χ4v) is 3.52. The van der Waals surface area contributed by atoms with Gasteiger partial charge in [-0.1, -0.05) is 0 Å². The van der Waals surface area contributed by atoms with Crippen molar-refractivity contribution in [3.05, 3.63) is 0 Å². The van der Waals surface area contributed by atoms with Crippen molar-refractivity contribution in [2.24, 2.45) is 5.14 Å². The zero-order valence-electron chi connectivity index (χ0n) is 5.19. The van der Waals surface area contributed by atoms with E-state index in [0.29, 0.717) is 21.2 Å². The van der Waals surface area contributed by atoms with Gasteiger partial charge in [-0.25, -0.2) is 0 Å². The summed E-state index contributed by atoms with van der Waals surface area (Å²) < 4.78 is 2.87. The number of hydrogen-bond donors (Lipinski definition) is 1. The Kier molecular flexibility index (Phi) is 9.09. The van der Waals surface area contributed by atoms with Crippen LogP contribution >= 0.6 is 11.9 Å². The van der Waals surface area contributed by atoms with Crippen molar-refractivity contribution >= 4 is 11.9 Å². The summed E-state index contributed by atoms with van der Waals surface area (Å²) in [7, 11) is 0. The number of rotatable bonds is 5. The van der Waals surface area contributed by atoms with E-state index in [1.54, 1.807) is 0 Å². The Labute approximate surface area is 66.2 Å². The molecule has 0 spiro atoms. The van der Waals surface area contributed by atoms with Crippen LogP contribution in [0, 0.1) is 0 Å². The van der Waals surface area contributed by atoms with Crippen LogP contribution in [-0.2, 0) is 0 Å². The van der Waals surface area contributed by atoms with E-state index < -0.39 is 0 Å². The van der Waals surface area contributed by atoms with E-state index in [9.17, 15) is 0 Å². The first-order valence-corrected chi connectivity index (χ1v) is 6.87. The second kappa shape index (κ2) is 8.04. The van der Waals surface area contributed by atoms with Gasteiger partial charge in [0.05, 0.1) is 0 Å². The first kappa shape index (κ1) is 9.04. The van der Waals surface area contributed by atoms with Crippen molar-refractivity contribution in [2.45, 2.75) is 13.3 Å². The monoisotopic (exact) mass is 246 g/mol. The summed E-state index contributed by atoms with van der Waals surface area (Å²) in [4.78, 5) is 0. The Morgan fingerprint density at radius 2 is 2.25 bits per heavy atom. The maximum atomic E-state index is 5.25. The third-order valence-corrected chi connectivity index (χ3v) is 4.97. The summed E-state index contributed by atoms with van der Waals surface area (Å²) >= 11 is 2.00. The Morgan fingerprint density at radius 1 is 1.50 bits per heavy atom. The molecule has 0 bridgehead atoms. The van der Waals surface area contributed by atoms with E-state index in [2.05, 4.69) is 6.92 Å². The van der Waals surface area contributed by atoms with E-state index in [-0.39, 0.29) is 0 Å². The van der Waals surface area contributed by atoms with Gasteiger partial charge in [0.2, 0.25) is 0 Å². The molecular weight excluding hydrogens is 233 g/mol. The molecule has 0 saturated heterocycles. The molecule has 0 amide bonds. The van der Waals surface area contributed by atoms with Crippen LogP contribution in [0.5, 0.6) is 0 Å². The Bertz CT molecular complexity index is 37.4. The van der Waals surface area contributed by atoms with Gasteiger partial charge in [-0.2, -0.15) is 0 Å². The van der Waals surface area contributed by atoms with Gasteiger partial charge in [0.15, 0.2) is 0 Å². The SMILES string of the molecule is CCC[I-]CCSN. The van der Waals surface area contributed by atoms with Crippen molar-refractivity contribution in [3.8, 4) is 0 Å². The molecule has 0 heterocycles. The van der Waals surface area contributed by atoms with E-state index in [0.717, 1.165) is 0 Å². The van der Waals surface area contributed by atoms with E-state index in [1.807, 2.05) is 0 Å². The molecule has 2 N–H and O–H groups in total. The van der Waals surface area contributed by atoms with Crippen LogP contribution in [-0.4, -0.2) is 14.6 Å². The molecule has 0 aliphatic heterocycles. The Morgan fingerprint density at radius 3 is 2.75 bits per heavy atom. The average Bonchev–Trinajstić information content (AvgIpc) is 1.81. The molecule has 52 valence electrons. The predicted molar refractivity (Wildman–Crippen MR) is 36.7 cm³/mol. The molecule has 0 fully saturated rings. The Balaban J connectivity index is 2.53. The van der Waals surface area contributed by atoms with Crippen molar-refractivity contribution in [1.29, 1.82) is 0 Å². The second-order valence-corrected chi connectivity index (χ2v) is 5.42. The molecule has 0 unspecified atom stereocenters. The van der Waals surface area contributed by atoms with Crippen molar-refractivity contribution in [3.63, 3.8) is 0 Å². The first-order chi connectivity index (χ1) is 3.91. The van der Waals surface area contributed by atoms with Crippen molar-refractivity contribution in [2.75, 3.05) is 14.6 Å². The van der Waals surface area contributed by atoms with Crippen molar-refractivity contribution < 1.29 is 21.2 Å². The second-order valence-electron chi connectivity index (χ2n) is 1.44. The zero-order valence-corrected chi connectivity index (χ0v) is 8.17. The van der Waals surface area contributed by atoms with Crippen LogP contribution in [0.3, 0.4) is 0 Å². The van der Waals surface area contributed by atoms with Crippen LogP contribution in [0.25, 0.3) is 0 Å². The molecule has 0 aromatic carbocycles. The third-order valence-electron chi connectivity index (χ3n) is 0.651. The summed E-state index contributed by atoms with van der Waals surface area (Å²) in [5.74, 6) is 1.17. The summed E-state index contributed by atoms with van der Waals surface area (Å²) in [6, 6.07) is 0. The molecule has 8 heavy (non-hydrogen) atoms. The van der Waals surface area contributed by atoms with Crippen LogP contribution in [0.15, 0.2) is 0 Å². The molecule has 3 heteroatoms. The molecule has 0 rings (SSSR count). The summed E-state index contributed by atoms with van der Waals surface area (Å²) in [5, 5.41) is 5.25. The van der Waals surface area contributed by atoms with E-state index in [1.165, 1.54) is 33.0 Å². The van der Waals surface area contributed by atoms with E-state index >= 15 is 0 Å². The van der Waals surface area contributed by atoms with Gasteiger partial charge < -0.3 is 0 Å². The van der Waals surface area contributed by atoms with Crippen LogP contribution < -0.4 is 26.3 Å². The summed E-state index contributed by atoms with van der Waals surface area (Å²) in [6.07, 6.45) is 1.36. The summed E-state index contributed by atoms with van der Waals surface area (Å²) in [6.45, 7) is 2.25. The quantitative estimate of drug-likeness (QED) is 0.265. The van der Waals surface area contributed by atoms with Crippen LogP contribution in [0.2, 0.25) is 0 Å². The zero-order chi connectivity index (χ0) is 6.24. The van der Waals surface area contributed by atoms with Gasteiger partial charge in [0.1, 0.15) is 0 Å². The molecule has 0 saturated carbocycles. The van der Waals surface area contributed by atoms with Gasteiger partial charge in [-0.3, -0.25) is 0 Å². The predicted octanol–water partition coefficient (Wildman–Crippen LogP) is -1.91. The first-order valence-electron chi connectivity index (χ1n) is 2.77. The number of alkyl halides is 2.